The molecule has 1 aliphatic rings. The standard InChI is InChI=1S/C13H17N3O5/c17-11(15-7-9-2-1-5-21-9)8-16-4-3-14-13(20)10(16)6-12(18)19/h1-2,5,10H,3-4,6-8H2,(H,14,20)(H,15,17)(H,18,19). The van der Waals surface area contributed by atoms with Gasteiger partial charge in [-0.15, -0.1) is 0 Å². The van der Waals surface area contributed by atoms with Crippen LogP contribution in [0.15, 0.2) is 22.8 Å². The van der Waals surface area contributed by atoms with Gasteiger partial charge in [0, 0.05) is 13.1 Å². The number of carbonyl (C=O) groups is 3. The lowest BCUT2D eigenvalue weighted by Gasteiger charge is -2.33. The number of nitrogens with one attached hydrogen (secondary N) is 2. The number of nitrogens with zero attached hydrogens (tertiary/aromatic N) is 1. The predicted octanol–water partition coefficient (Wildman–Crippen LogP) is -0.829. The molecule has 1 saturated heterocycles. The zero-order valence-electron chi connectivity index (χ0n) is 11.4. The summed E-state index contributed by atoms with van der Waals surface area (Å²) >= 11 is 0. The van der Waals surface area contributed by atoms with Gasteiger partial charge in [-0.25, -0.2) is 0 Å². The minimum atomic E-state index is -1.07. The Morgan fingerprint density at radius 3 is 3.00 bits per heavy atom. The molecule has 1 fully saturated rings. The van der Waals surface area contributed by atoms with Crippen molar-refractivity contribution in [1.82, 2.24) is 15.5 Å². The molecule has 1 atom stereocenters. The second kappa shape index (κ2) is 6.89. The van der Waals surface area contributed by atoms with Gasteiger partial charge in [-0.05, 0) is 12.1 Å². The number of hydrogen-bond donors (Lipinski definition) is 3. The molecule has 0 saturated carbocycles. The molecular formula is C13H17N3O5. The van der Waals surface area contributed by atoms with E-state index in [-0.39, 0.29) is 31.3 Å². The number of carbonyl (C=O) groups excluding carboxylic acids is 2. The molecule has 0 aliphatic carbocycles. The first kappa shape index (κ1) is 15.0. The van der Waals surface area contributed by atoms with E-state index in [2.05, 4.69) is 10.6 Å². The van der Waals surface area contributed by atoms with Crippen molar-refractivity contribution in [2.24, 2.45) is 0 Å². The summed E-state index contributed by atoms with van der Waals surface area (Å²) in [5.74, 6) is -1.08. The van der Waals surface area contributed by atoms with Crippen molar-refractivity contribution in [2.75, 3.05) is 19.6 Å². The third kappa shape index (κ3) is 4.32. The average molecular weight is 295 g/mol. The van der Waals surface area contributed by atoms with Crippen LogP contribution >= 0.6 is 0 Å². The van der Waals surface area contributed by atoms with Crippen LogP contribution in [-0.2, 0) is 20.9 Å². The van der Waals surface area contributed by atoms with Crippen LogP contribution in [0.25, 0.3) is 0 Å². The van der Waals surface area contributed by atoms with Gasteiger partial charge in [0.05, 0.1) is 25.8 Å². The molecule has 0 bridgehead atoms. The van der Waals surface area contributed by atoms with E-state index >= 15 is 0 Å². The van der Waals surface area contributed by atoms with Crippen LogP contribution in [-0.4, -0.2) is 53.5 Å². The number of piperazine rings is 1. The van der Waals surface area contributed by atoms with Crippen molar-refractivity contribution in [1.29, 1.82) is 0 Å². The molecule has 1 aliphatic heterocycles. The molecule has 2 amide bonds. The summed E-state index contributed by atoms with van der Waals surface area (Å²) in [6.45, 7) is 1.08. The largest absolute Gasteiger partial charge is 0.481 e. The molecule has 114 valence electrons. The van der Waals surface area contributed by atoms with E-state index in [9.17, 15) is 14.4 Å². The number of carboxylic acids is 1. The fourth-order valence-corrected chi connectivity index (χ4v) is 2.18. The van der Waals surface area contributed by atoms with Gasteiger partial charge in [0.15, 0.2) is 0 Å². The summed E-state index contributed by atoms with van der Waals surface area (Å²) in [7, 11) is 0. The molecule has 8 heteroatoms. The molecule has 21 heavy (non-hydrogen) atoms. The van der Waals surface area contributed by atoms with Gasteiger partial charge in [-0.3, -0.25) is 19.3 Å². The molecule has 1 unspecified atom stereocenters. The highest BCUT2D eigenvalue weighted by Gasteiger charge is 2.32. The lowest BCUT2D eigenvalue weighted by molar-refractivity contribution is -0.144. The fourth-order valence-electron chi connectivity index (χ4n) is 2.18. The van der Waals surface area contributed by atoms with Gasteiger partial charge >= 0.3 is 5.97 Å². The van der Waals surface area contributed by atoms with Crippen molar-refractivity contribution in [3.05, 3.63) is 24.2 Å². The summed E-state index contributed by atoms with van der Waals surface area (Å²) < 4.78 is 5.09. The van der Waals surface area contributed by atoms with Crippen LogP contribution in [0.4, 0.5) is 0 Å². The molecule has 0 spiro atoms. The van der Waals surface area contributed by atoms with E-state index in [0.717, 1.165) is 0 Å². The third-order valence-corrected chi connectivity index (χ3v) is 3.20. The highest BCUT2D eigenvalue weighted by molar-refractivity contribution is 5.87. The van der Waals surface area contributed by atoms with E-state index in [1.54, 1.807) is 17.0 Å². The molecule has 1 aromatic heterocycles. The van der Waals surface area contributed by atoms with Crippen molar-refractivity contribution in [3.8, 4) is 0 Å². The highest BCUT2D eigenvalue weighted by Crippen LogP contribution is 2.08. The van der Waals surface area contributed by atoms with Crippen molar-refractivity contribution < 1.29 is 23.9 Å². The SMILES string of the molecule is O=C(O)CC1C(=O)NCCN1CC(=O)NCc1ccco1. The maximum Gasteiger partial charge on any atom is 0.305 e. The van der Waals surface area contributed by atoms with Crippen molar-refractivity contribution in [2.45, 2.75) is 19.0 Å². The zero-order valence-corrected chi connectivity index (χ0v) is 11.4. The topological polar surface area (TPSA) is 112 Å². The molecule has 0 aromatic carbocycles. The molecule has 2 rings (SSSR count). The number of furan rings is 1. The van der Waals surface area contributed by atoms with Crippen LogP contribution in [0.5, 0.6) is 0 Å². The summed E-state index contributed by atoms with van der Waals surface area (Å²) in [5, 5.41) is 14.1. The predicted molar refractivity (Wildman–Crippen MR) is 71.2 cm³/mol. The van der Waals surface area contributed by atoms with E-state index < -0.39 is 12.0 Å². The maximum absolute atomic E-state index is 11.9. The van der Waals surface area contributed by atoms with Crippen LogP contribution in [0.1, 0.15) is 12.2 Å². The lowest BCUT2D eigenvalue weighted by atomic mass is 10.1. The van der Waals surface area contributed by atoms with E-state index in [0.29, 0.717) is 18.8 Å². The van der Waals surface area contributed by atoms with Crippen LogP contribution < -0.4 is 10.6 Å². The molecule has 0 radical (unpaired) electrons. The van der Waals surface area contributed by atoms with Gasteiger partial charge in [-0.2, -0.15) is 0 Å². The molecule has 8 nitrogen and oxygen atoms in total. The summed E-state index contributed by atoms with van der Waals surface area (Å²) in [5.41, 5.74) is 0. The quantitative estimate of drug-likeness (QED) is 0.631. The van der Waals surface area contributed by atoms with Crippen LogP contribution in [0.2, 0.25) is 0 Å². The first-order chi connectivity index (χ1) is 10.1. The Hall–Kier alpha value is -2.35. The summed E-state index contributed by atoms with van der Waals surface area (Å²) in [6, 6.07) is 2.65. The van der Waals surface area contributed by atoms with Gasteiger partial charge in [-0.1, -0.05) is 0 Å². The minimum Gasteiger partial charge on any atom is -0.481 e. The van der Waals surface area contributed by atoms with Crippen molar-refractivity contribution in [3.63, 3.8) is 0 Å². The number of aliphatic carboxylic acids is 1. The fraction of sp³-hybridized carbons (Fsp3) is 0.462. The van der Waals surface area contributed by atoms with Crippen molar-refractivity contribution >= 4 is 17.8 Å². The Morgan fingerprint density at radius 1 is 1.52 bits per heavy atom. The van der Waals surface area contributed by atoms with Gasteiger partial charge in [0.2, 0.25) is 11.8 Å². The Balaban J connectivity index is 1.87. The number of carboxylic acid groups (broad SMARTS) is 1. The molecule has 3 N–H and O–H groups in total. The second-order valence-electron chi connectivity index (χ2n) is 4.73. The summed E-state index contributed by atoms with van der Waals surface area (Å²) in [6.07, 6.45) is 1.19. The van der Waals surface area contributed by atoms with E-state index in [1.165, 1.54) is 6.26 Å². The molecular weight excluding hydrogens is 278 g/mol. The number of hydrogen-bond acceptors (Lipinski definition) is 5. The Morgan fingerprint density at radius 2 is 2.33 bits per heavy atom. The second-order valence-corrected chi connectivity index (χ2v) is 4.73. The smallest absolute Gasteiger partial charge is 0.305 e. The van der Waals surface area contributed by atoms with E-state index in [1.807, 2.05) is 0 Å². The normalized spacial score (nSPS) is 19.0. The third-order valence-electron chi connectivity index (χ3n) is 3.20. The van der Waals surface area contributed by atoms with Crippen LogP contribution in [0.3, 0.4) is 0 Å². The van der Waals surface area contributed by atoms with Gasteiger partial charge in [0.1, 0.15) is 11.8 Å². The van der Waals surface area contributed by atoms with E-state index in [4.69, 9.17) is 9.52 Å². The molecule has 2 heterocycles. The Kier molecular flexibility index (Phi) is 4.94. The Labute approximate surface area is 121 Å². The van der Waals surface area contributed by atoms with Gasteiger partial charge < -0.3 is 20.2 Å². The molecule has 1 aromatic rings. The average Bonchev–Trinajstić information content (AvgIpc) is 2.93. The number of rotatable bonds is 6. The van der Waals surface area contributed by atoms with Crippen LogP contribution in [0, 0.1) is 0 Å². The lowest BCUT2D eigenvalue weighted by Crippen LogP contribution is -2.57. The zero-order chi connectivity index (χ0) is 15.2. The monoisotopic (exact) mass is 295 g/mol. The highest BCUT2D eigenvalue weighted by atomic mass is 16.4. The maximum atomic E-state index is 11.9. The summed E-state index contributed by atoms with van der Waals surface area (Å²) in [4.78, 5) is 36.0. The number of amides is 2. The first-order valence-electron chi connectivity index (χ1n) is 6.59. The van der Waals surface area contributed by atoms with Gasteiger partial charge in [0.25, 0.3) is 0 Å². The first-order valence-corrected chi connectivity index (χ1v) is 6.59. The Bertz CT molecular complexity index is 514. The minimum absolute atomic E-state index is 0.0218.